The Kier molecular flexibility index (Phi) is 5.90. The first-order valence-electron chi connectivity index (χ1n) is 12.7. The molecule has 182 valence electrons. The number of ether oxygens (including phenoxy) is 2. The van der Waals surface area contributed by atoms with E-state index in [0.29, 0.717) is 23.2 Å². The van der Waals surface area contributed by atoms with Crippen molar-refractivity contribution in [3.05, 3.63) is 0 Å². The number of hydrogen-bond acceptors (Lipinski definition) is 7. The predicted octanol–water partition coefficient (Wildman–Crippen LogP) is 2.13. The van der Waals surface area contributed by atoms with Gasteiger partial charge in [0.05, 0.1) is 0 Å². The highest BCUT2D eigenvalue weighted by Gasteiger charge is 2.61. The van der Waals surface area contributed by atoms with E-state index in [9.17, 15) is 25.2 Å². The van der Waals surface area contributed by atoms with Crippen LogP contribution in [0, 0.1) is 34.5 Å². The van der Waals surface area contributed by atoms with Crippen molar-refractivity contribution < 1.29 is 34.7 Å². The van der Waals surface area contributed by atoms with Crippen molar-refractivity contribution in [2.24, 2.45) is 34.5 Å². The summed E-state index contributed by atoms with van der Waals surface area (Å²) in [5.74, 6) is 1.76. The van der Waals surface area contributed by atoms with Gasteiger partial charge in [-0.3, -0.25) is 0 Å². The van der Waals surface area contributed by atoms with Crippen molar-refractivity contribution in [3.63, 3.8) is 0 Å². The lowest BCUT2D eigenvalue weighted by atomic mass is 9.44. The standard InChI is InChI=1S/C25H40O7/c1-24-11-4-6-15(24)14-9-8-13-5-3-7-17(25(13,2)16(14)10-12-24)31-23(30)21-19(27)18(26)20(28)22(29)32-21/h13-22,26-29H,3-12H2,1-2H3/t13?,14-,15-,16-,17?,18-,19-,20+,21-,22+,24-,25-/m0/s1. The second-order valence-corrected chi connectivity index (χ2v) is 11.9. The lowest BCUT2D eigenvalue weighted by molar-refractivity contribution is -0.284. The summed E-state index contributed by atoms with van der Waals surface area (Å²) in [6.07, 6.45) is 3.41. The first-order valence-corrected chi connectivity index (χ1v) is 12.7. The molecule has 7 heteroatoms. The van der Waals surface area contributed by atoms with Crippen molar-refractivity contribution in [1.82, 2.24) is 0 Å². The largest absolute Gasteiger partial charge is 0.460 e. The fourth-order valence-corrected chi connectivity index (χ4v) is 8.73. The monoisotopic (exact) mass is 452 g/mol. The van der Waals surface area contributed by atoms with Crippen molar-refractivity contribution in [1.29, 1.82) is 0 Å². The van der Waals surface area contributed by atoms with Crippen LogP contribution >= 0.6 is 0 Å². The Morgan fingerprint density at radius 3 is 2.41 bits per heavy atom. The normalized spacial score (nSPS) is 55.4. The van der Waals surface area contributed by atoms with E-state index in [4.69, 9.17) is 9.47 Å². The van der Waals surface area contributed by atoms with Crippen LogP contribution in [0.5, 0.6) is 0 Å². The Bertz CT molecular complexity index is 729. The molecule has 32 heavy (non-hydrogen) atoms. The molecule has 4 aliphatic carbocycles. The van der Waals surface area contributed by atoms with Crippen LogP contribution in [-0.4, -0.2) is 63.2 Å². The van der Waals surface area contributed by atoms with E-state index in [1.54, 1.807) is 0 Å². The smallest absolute Gasteiger partial charge is 0.338 e. The molecular weight excluding hydrogens is 412 g/mol. The van der Waals surface area contributed by atoms with Gasteiger partial charge >= 0.3 is 5.97 Å². The number of carbonyl (C=O) groups is 1. The molecule has 1 saturated heterocycles. The SMILES string of the molecule is C[C@@]12CCC[C@H]1[C@@H]1CCC3CCCC(OC(=O)[C@H]4O[C@@H](O)[C@H](O)[C@@H](O)[C@@H]4O)[C@]3(C)[C@H]1CC2. The highest BCUT2D eigenvalue weighted by molar-refractivity contribution is 5.76. The molecule has 5 fully saturated rings. The number of aliphatic hydroxyl groups excluding tert-OH is 4. The van der Waals surface area contributed by atoms with Crippen LogP contribution in [0.4, 0.5) is 0 Å². The zero-order valence-corrected chi connectivity index (χ0v) is 19.4. The van der Waals surface area contributed by atoms with Crippen LogP contribution in [0.3, 0.4) is 0 Å². The van der Waals surface area contributed by atoms with E-state index < -0.39 is 36.7 Å². The zero-order chi connectivity index (χ0) is 22.8. The van der Waals surface area contributed by atoms with Gasteiger partial charge in [-0.15, -0.1) is 0 Å². The molecule has 7 nitrogen and oxygen atoms in total. The van der Waals surface area contributed by atoms with Crippen LogP contribution in [-0.2, 0) is 14.3 Å². The van der Waals surface area contributed by atoms with E-state index in [2.05, 4.69) is 13.8 Å². The van der Waals surface area contributed by atoms with Crippen LogP contribution in [0.2, 0.25) is 0 Å². The fraction of sp³-hybridized carbons (Fsp3) is 0.960. The Morgan fingerprint density at radius 1 is 0.844 bits per heavy atom. The van der Waals surface area contributed by atoms with Gasteiger partial charge in [0.2, 0.25) is 0 Å². The minimum Gasteiger partial charge on any atom is -0.460 e. The Morgan fingerprint density at radius 2 is 1.62 bits per heavy atom. The molecule has 5 aliphatic rings. The minimum absolute atomic E-state index is 0.100. The fourth-order valence-electron chi connectivity index (χ4n) is 8.73. The first kappa shape index (κ1) is 23.0. The molecule has 0 bridgehead atoms. The first-order chi connectivity index (χ1) is 15.2. The van der Waals surface area contributed by atoms with Crippen molar-refractivity contribution >= 4 is 5.97 Å². The number of esters is 1. The topological polar surface area (TPSA) is 116 Å². The van der Waals surface area contributed by atoms with Crippen LogP contribution in [0.25, 0.3) is 0 Å². The summed E-state index contributed by atoms with van der Waals surface area (Å²) in [7, 11) is 0. The average molecular weight is 453 g/mol. The molecule has 5 rings (SSSR count). The summed E-state index contributed by atoms with van der Waals surface area (Å²) in [5, 5.41) is 39.9. The van der Waals surface area contributed by atoms with Gasteiger partial charge in [0, 0.05) is 5.41 Å². The Labute approximate surface area is 190 Å². The third kappa shape index (κ3) is 3.37. The third-order valence-electron chi connectivity index (χ3n) is 10.5. The summed E-state index contributed by atoms with van der Waals surface area (Å²) in [6, 6.07) is 0. The van der Waals surface area contributed by atoms with Crippen molar-refractivity contribution in [2.45, 2.75) is 115 Å². The molecule has 0 radical (unpaired) electrons. The lowest BCUT2D eigenvalue weighted by Gasteiger charge is -2.61. The molecule has 4 saturated carbocycles. The lowest BCUT2D eigenvalue weighted by Crippen LogP contribution is -2.62. The summed E-state index contributed by atoms with van der Waals surface area (Å²) in [6.45, 7) is 4.81. The molecule has 1 aliphatic heterocycles. The zero-order valence-electron chi connectivity index (χ0n) is 19.4. The molecule has 1 heterocycles. The predicted molar refractivity (Wildman–Crippen MR) is 115 cm³/mol. The number of hydrogen-bond donors (Lipinski definition) is 4. The molecule has 0 aromatic heterocycles. The van der Waals surface area contributed by atoms with E-state index in [1.807, 2.05) is 0 Å². The van der Waals surface area contributed by atoms with Crippen LogP contribution in [0.15, 0.2) is 0 Å². The van der Waals surface area contributed by atoms with E-state index in [1.165, 1.54) is 51.4 Å². The number of aliphatic hydroxyl groups is 4. The van der Waals surface area contributed by atoms with Gasteiger partial charge in [-0.2, -0.15) is 0 Å². The molecule has 2 unspecified atom stereocenters. The van der Waals surface area contributed by atoms with Gasteiger partial charge in [-0.25, -0.2) is 4.79 Å². The number of fused-ring (bicyclic) bond motifs is 5. The van der Waals surface area contributed by atoms with Crippen LogP contribution in [0.1, 0.15) is 78.1 Å². The highest BCUT2D eigenvalue weighted by Crippen LogP contribution is 2.66. The Hall–Kier alpha value is -0.730. The molecule has 0 aromatic carbocycles. The van der Waals surface area contributed by atoms with Gasteiger partial charge in [0.15, 0.2) is 12.4 Å². The maximum atomic E-state index is 13.1. The average Bonchev–Trinajstić information content (AvgIpc) is 3.17. The van der Waals surface area contributed by atoms with E-state index in [0.717, 1.165) is 18.8 Å². The maximum absolute atomic E-state index is 13.1. The quantitative estimate of drug-likeness (QED) is 0.474. The van der Waals surface area contributed by atoms with Gasteiger partial charge in [0.1, 0.15) is 24.4 Å². The second kappa shape index (κ2) is 8.19. The summed E-state index contributed by atoms with van der Waals surface area (Å²) in [5.41, 5.74) is 0.371. The molecule has 4 N–H and O–H groups in total. The van der Waals surface area contributed by atoms with Gasteiger partial charge in [-0.1, -0.05) is 20.3 Å². The minimum atomic E-state index is -1.74. The molecule has 0 amide bonds. The summed E-state index contributed by atoms with van der Waals surface area (Å²) >= 11 is 0. The maximum Gasteiger partial charge on any atom is 0.338 e. The second-order valence-electron chi connectivity index (χ2n) is 11.9. The van der Waals surface area contributed by atoms with Crippen molar-refractivity contribution in [3.8, 4) is 0 Å². The summed E-state index contributed by atoms with van der Waals surface area (Å²) in [4.78, 5) is 13.1. The van der Waals surface area contributed by atoms with Gasteiger partial charge < -0.3 is 29.9 Å². The highest BCUT2D eigenvalue weighted by atomic mass is 16.7. The van der Waals surface area contributed by atoms with E-state index in [-0.39, 0.29) is 11.5 Å². The number of rotatable bonds is 2. The molecule has 12 atom stereocenters. The van der Waals surface area contributed by atoms with Crippen LogP contribution < -0.4 is 0 Å². The molecular formula is C25H40O7. The molecule has 0 spiro atoms. The third-order valence-corrected chi connectivity index (χ3v) is 10.5. The Balaban J connectivity index is 1.37. The van der Waals surface area contributed by atoms with Gasteiger partial charge in [0.25, 0.3) is 0 Å². The van der Waals surface area contributed by atoms with Crippen molar-refractivity contribution in [2.75, 3.05) is 0 Å². The van der Waals surface area contributed by atoms with E-state index >= 15 is 0 Å². The summed E-state index contributed by atoms with van der Waals surface area (Å²) < 4.78 is 11.2. The van der Waals surface area contributed by atoms with Gasteiger partial charge in [-0.05, 0) is 86.9 Å². The number of carbonyl (C=O) groups excluding carboxylic acids is 1. The molecule has 0 aromatic rings.